The van der Waals surface area contributed by atoms with E-state index in [1.165, 1.54) is 19.2 Å². The van der Waals surface area contributed by atoms with E-state index in [-0.39, 0.29) is 30.2 Å². The molecule has 2 rings (SSSR count). The molecule has 1 aliphatic rings. The van der Waals surface area contributed by atoms with Gasteiger partial charge >= 0.3 is 5.97 Å². The number of amides is 1. The topological polar surface area (TPSA) is 90.0 Å². The van der Waals surface area contributed by atoms with E-state index in [9.17, 15) is 18.0 Å². The minimum atomic E-state index is -3.84. The van der Waals surface area contributed by atoms with E-state index in [0.717, 1.165) is 0 Å². The van der Waals surface area contributed by atoms with Gasteiger partial charge in [0.1, 0.15) is 18.1 Å². The molecule has 8 heteroatoms. The average Bonchev–Trinajstić information content (AvgIpc) is 2.61. The number of methoxy groups -OCH3 is 1. The fraction of sp³-hybridized carbons (Fsp3) is 0.333. The van der Waals surface area contributed by atoms with Gasteiger partial charge in [-0.15, -0.1) is 0 Å². The molecule has 7 nitrogen and oxygen atoms in total. The first-order chi connectivity index (χ1) is 9.48. The lowest BCUT2D eigenvalue weighted by molar-refractivity contribution is -0.147. The highest BCUT2D eigenvalue weighted by atomic mass is 32.2. The molecule has 0 radical (unpaired) electrons. The summed E-state index contributed by atoms with van der Waals surface area (Å²) >= 11 is 0. The molecular formula is C12H13NO6S. The molecule has 20 heavy (non-hydrogen) atoms. The van der Waals surface area contributed by atoms with E-state index in [1.54, 1.807) is 12.1 Å². The standard InChI is InChI=1S/C12H13NO6S/c1-18-8-11(14)19-7-6-13-12(15)9-4-2-3-5-10(9)20(13,16)17/h2-5H,6-8H2,1H3. The zero-order valence-corrected chi connectivity index (χ0v) is 11.6. The fourth-order valence-electron chi connectivity index (χ4n) is 1.85. The molecule has 0 aliphatic carbocycles. The highest BCUT2D eigenvalue weighted by Gasteiger charge is 2.40. The van der Waals surface area contributed by atoms with Crippen LogP contribution in [0.3, 0.4) is 0 Å². The molecule has 0 spiro atoms. The molecule has 1 aliphatic heterocycles. The number of sulfonamides is 1. The lowest BCUT2D eigenvalue weighted by Gasteiger charge is -2.14. The summed E-state index contributed by atoms with van der Waals surface area (Å²) in [6, 6.07) is 5.96. The predicted octanol–water partition coefficient (Wildman–Crippen LogP) is 0.0207. The second-order valence-corrected chi connectivity index (χ2v) is 5.86. The molecule has 0 aromatic heterocycles. The van der Waals surface area contributed by atoms with Crippen molar-refractivity contribution in [2.75, 3.05) is 26.9 Å². The Balaban J connectivity index is 2.08. The zero-order valence-electron chi connectivity index (χ0n) is 10.7. The Labute approximate surface area is 116 Å². The summed E-state index contributed by atoms with van der Waals surface area (Å²) in [5.41, 5.74) is 0.135. The minimum Gasteiger partial charge on any atom is -0.462 e. The number of fused-ring (bicyclic) bond motifs is 1. The van der Waals surface area contributed by atoms with Crippen LogP contribution in [0.1, 0.15) is 10.4 Å². The van der Waals surface area contributed by atoms with Crippen molar-refractivity contribution in [3.05, 3.63) is 29.8 Å². The van der Waals surface area contributed by atoms with Crippen molar-refractivity contribution in [2.24, 2.45) is 0 Å². The molecule has 1 aromatic rings. The zero-order chi connectivity index (χ0) is 14.8. The first-order valence-corrected chi connectivity index (χ1v) is 7.23. The highest BCUT2D eigenvalue weighted by Crippen LogP contribution is 2.29. The Morgan fingerprint density at radius 2 is 2.00 bits per heavy atom. The summed E-state index contributed by atoms with van der Waals surface area (Å²) in [5.74, 6) is -1.22. The number of hydrogen-bond donors (Lipinski definition) is 0. The third-order valence-corrected chi connectivity index (χ3v) is 4.57. The molecule has 1 amide bonds. The first-order valence-electron chi connectivity index (χ1n) is 5.79. The lowest BCUT2D eigenvalue weighted by Crippen LogP contribution is -2.34. The van der Waals surface area contributed by atoms with Crippen molar-refractivity contribution in [1.29, 1.82) is 0 Å². The number of carbonyl (C=O) groups is 2. The number of carbonyl (C=O) groups excluding carboxylic acids is 2. The van der Waals surface area contributed by atoms with Gasteiger partial charge < -0.3 is 9.47 Å². The third kappa shape index (κ3) is 2.52. The molecule has 0 fully saturated rings. The summed E-state index contributed by atoms with van der Waals surface area (Å²) in [6.45, 7) is -0.645. The van der Waals surface area contributed by atoms with Gasteiger partial charge in [-0.1, -0.05) is 12.1 Å². The summed E-state index contributed by atoms with van der Waals surface area (Å²) in [6.07, 6.45) is 0. The Hall–Kier alpha value is -1.93. The van der Waals surface area contributed by atoms with Crippen LogP contribution in [-0.4, -0.2) is 51.5 Å². The second kappa shape index (κ2) is 5.59. The molecule has 108 valence electrons. The first kappa shape index (κ1) is 14.5. The van der Waals surface area contributed by atoms with Crippen molar-refractivity contribution < 1.29 is 27.5 Å². The highest BCUT2D eigenvalue weighted by molar-refractivity contribution is 7.90. The Morgan fingerprint density at radius 1 is 1.30 bits per heavy atom. The summed E-state index contributed by atoms with van der Waals surface area (Å²) in [5, 5.41) is 0. The van der Waals surface area contributed by atoms with Crippen molar-refractivity contribution in [1.82, 2.24) is 4.31 Å². The van der Waals surface area contributed by atoms with Gasteiger partial charge in [0.25, 0.3) is 15.9 Å². The maximum atomic E-state index is 12.1. The maximum Gasteiger partial charge on any atom is 0.332 e. The molecule has 0 unspecified atom stereocenters. The molecule has 0 saturated heterocycles. The van der Waals surface area contributed by atoms with Gasteiger partial charge in [-0.3, -0.25) is 4.79 Å². The Bertz CT molecular complexity index is 639. The normalized spacial score (nSPS) is 16.1. The SMILES string of the molecule is COCC(=O)OCCN1C(=O)c2ccccc2S1(=O)=O. The number of nitrogens with zero attached hydrogens (tertiary/aromatic N) is 1. The van der Waals surface area contributed by atoms with E-state index >= 15 is 0 Å². The summed E-state index contributed by atoms with van der Waals surface area (Å²) in [4.78, 5) is 23.1. The predicted molar refractivity (Wildman–Crippen MR) is 67.5 cm³/mol. The Morgan fingerprint density at radius 3 is 2.65 bits per heavy atom. The average molecular weight is 299 g/mol. The number of esters is 1. The second-order valence-electron chi connectivity index (χ2n) is 4.03. The fourth-order valence-corrected chi connectivity index (χ4v) is 3.41. The molecule has 0 atom stereocenters. The number of hydrogen-bond acceptors (Lipinski definition) is 6. The maximum absolute atomic E-state index is 12.1. The number of benzene rings is 1. The van der Waals surface area contributed by atoms with Crippen LogP contribution in [0.4, 0.5) is 0 Å². The van der Waals surface area contributed by atoms with E-state index in [2.05, 4.69) is 4.74 Å². The molecule has 0 bridgehead atoms. The number of rotatable bonds is 5. The van der Waals surface area contributed by atoms with Crippen LogP contribution in [0.2, 0.25) is 0 Å². The number of ether oxygens (including phenoxy) is 2. The van der Waals surface area contributed by atoms with Crippen LogP contribution in [-0.2, 0) is 24.3 Å². The van der Waals surface area contributed by atoms with Crippen LogP contribution < -0.4 is 0 Å². The molecule has 0 N–H and O–H groups in total. The lowest BCUT2D eigenvalue weighted by atomic mass is 10.2. The van der Waals surface area contributed by atoms with Gasteiger partial charge in [-0.25, -0.2) is 17.5 Å². The van der Waals surface area contributed by atoms with Crippen molar-refractivity contribution in [3.63, 3.8) is 0 Å². The van der Waals surface area contributed by atoms with Gasteiger partial charge in [0.2, 0.25) is 0 Å². The largest absolute Gasteiger partial charge is 0.462 e. The smallest absolute Gasteiger partial charge is 0.332 e. The van der Waals surface area contributed by atoms with E-state index in [1.807, 2.05) is 0 Å². The third-order valence-electron chi connectivity index (χ3n) is 2.73. The van der Waals surface area contributed by atoms with Crippen LogP contribution in [0.25, 0.3) is 0 Å². The van der Waals surface area contributed by atoms with Crippen molar-refractivity contribution in [2.45, 2.75) is 4.90 Å². The molecule has 1 heterocycles. The van der Waals surface area contributed by atoms with Crippen molar-refractivity contribution >= 4 is 21.9 Å². The summed E-state index contributed by atoms with van der Waals surface area (Å²) < 4.78 is 34.3. The van der Waals surface area contributed by atoms with Crippen LogP contribution in [0, 0.1) is 0 Å². The molecule has 0 saturated carbocycles. The van der Waals surface area contributed by atoms with Gasteiger partial charge in [-0.2, -0.15) is 0 Å². The van der Waals surface area contributed by atoms with E-state index < -0.39 is 21.9 Å². The molecular weight excluding hydrogens is 286 g/mol. The van der Waals surface area contributed by atoms with Crippen LogP contribution in [0.5, 0.6) is 0 Å². The van der Waals surface area contributed by atoms with Gasteiger partial charge in [-0.05, 0) is 12.1 Å². The summed E-state index contributed by atoms with van der Waals surface area (Å²) in [7, 11) is -2.50. The quantitative estimate of drug-likeness (QED) is 0.712. The molecule has 1 aromatic carbocycles. The minimum absolute atomic E-state index is 0.0202. The Kier molecular flexibility index (Phi) is 4.05. The van der Waals surface area contributed by atoms with Gasteiger partial charge in [0.05, 0.1) is 12.1 Å². The van der Waals surface area contributed by atoms with Crippen LogP contribution in [0.15, 0.2) is 29.2 Å². The van der Waals surface area contributed by atoms with Crippen LogP contribution >= 0.6 is 0 Å². The van der Waals surface area contributed by atoms with Gasteiger partial charge in [0, 0.05) is 7.11 Å². The van der Waals surface area contributed by atoms with Gasteiger partial charge in [0.15, 0.2) is 0 Å². The van der Waals surface area contributed by atoms with E-state index in [4.69, 9.17) is 4.74 Å². The van der Waals surface area contributed by atoms with Crippen molar-refractivity contribution in [3.8, 4) is 0 Å². The monoisotopic (exact) mass is 299 g/mol. The van der Waals surface area contributed by atoms with E-state index in [0.29, 0.717) is 4.31 Å².